The van der Waals surface area contributed by atoms with Gasteiger partial charge in [-0.25, -0.2) is 0 Å². The molecule has 0 aromatic carbocycles. The van der Waals surface area contributed by atoms with E-state index >= 15 is 0 Å². The molecule has 0 heterocycles. The number of hydrogen-bond donors (Lipinski definition) is 3. The van der Waals surface area contributed by atoms with Gasteiger partial charge in [-0.2, -0.15) is 0 Å². The van der Waals surface area contributed by atoms with E-state index in [0.717, 1.165) is 6.42 Å². The van der Waals surface area contributed by atoms with Crippen LogP contribution in [0.25, 0.3) is 0 Å². The van der Waals surface area contributed by atoms with Gasteiger partial charge in [-0.15, -0.1) is 0 Å². The average Bonchev–Trinajstić information content (AvgIpc) is 3.10. The van der Waals surface area contributed by atoms with Crippen LogP contribution in [-0.4, -0.2) is 33.5 Å². The van der Waals surface area contributed by atoms with Crippen LogP contribution in [0.5, 0.6) is 0 Å². The minimum Gasteiger partial charge on any atom is -0.481 e. The molecule has 0 bridgehead atoms. The summed E-state index contributed by atoms with van der Waals surface area (Å²) in [5.41, 5.74) is -0.953. The third-order valence-corrected chi connectivity index (χ3v) is 10.1. The van der Waals surface area contributed by atoms with E-state index in [9.17, 15) is 21.5 Å². The summed E-state index contributed by atoms with van der Waals surface area (Å²) >= 11 is 0. The van der Waals surface area contributed by atoms with Crippen molar-refractivity contribution in [3.63, 3.8) is 0 Å². The molecule has 4 heteroatoms. The average molecular weight is 429 g/mol. The predicted molar refractivity (Wildman–Crippen MR) is 118 cm³/mol. The van der Waals surface area contributed by atoms with Crippen LogP contribution in [-0.2, 0) is 4.79 Å². The van der Waals surface area contributed by atoms with Crippen molar-refractivity contribution >= 4 is 5.97 Å². The molecule has 30 heavy (non-hydrogen) atoms. The van der Waals surface area contributed by atoms with Crippen LogP contribution in [0.2, 0.25) is 0 Å². The predicted octanol–water partition coefficient (Wildman–Crippen LogP) is 5.11. The van der Waals surface area contributed by atoms with Crippen molar-refractivity contribution in [2.45, 2.75) is 104 Å². The Hall–Kier alpha value is -0.610. The highest BCUT2D eigenvalue weighted by Gasteiger charge is 2.64. The second kappa shape index (κ2) is 8.06. The first-order chi connectivity index (χ1) is 17.1. The van der Waals surface area contributed by atoms with Gasteiger partial charge in [-0.3, -0.25) is 4.79 Å². The van der Waals surface area contributed by atoms with Gasteiger partial charge < -0.3 is 15.3 Å². The monoisotopic (exact) mass is 428 g/mol. The summed E-state index contributed by atoms with van der Waals surface area (Å²) in [5.74, 6) is -4.96. The van der Waals surface area contributed by atoms with Gasteiger partial charge >= 0.3 is 5.97 Å². The van der Waals surface area contributed by atoms with Crippen molar-refractivity contribution in [3.05, 3.63) is 0 Å². The number of carboxylic acid groups (broad SMARTS) is 1. The number of carbonyl (C=O) groups is 1. The van der Waals surface area contributed by atoms with E-state index < -0.39 is 66.3 Å². The highest BCUT2D eigenvalue weighted by Crippen LogP contribution is 2.69. The largest absolute Gasteiger partial charge is 0.481 e. The zero-order valence-electron chi connectivity index (χ0n) is 26.5. The fourth-order valence-electron chi connectivity index (χ4n) is 8.57. The van der Waals surface area contributed by atoms with E-state index in [0.29, 0.717) is 32.1 Å². The van der Waals surface area contributed by atoms with Crippen molar-refractivity contribution < 1.29 is 31.1 Å². The maximum absolute atomic E-state index is 12.1. The van der Waals surface area contributed by atoms with Crippen LogP contribution >= 0.6 is 0 Å². The molecule has 0 aliphatic heterocycles. The Labute approximate surface area is 194 Å². The molecule has 0 radical (unpaired) electrons. The molecule has 0 saturated heterocycles. The molecule has 4 aliphatic carbocycles. The minimum atomic E-state index is -3.06. The molecule has 4 saturated carbocycles. The number of aliphatic carboxylic acids is 1. The molecule has 0 aromatic heterocycles. The second-order valence-corrected chi connectivity index (χ2v) is 11.2. The highest BCUT2D eigenvalue weighted by atomic mass is 16.4. The van der Waals surface area contributed by atoms with Crippen LogP contribution < -0.4 is 0 Å². The third-order valence-electron chi connectivity index (χ3n) is 10.1. The summed E-state index contributed by atoms with van der Waals surface area (Å²) in [6, 6.07) is 0. The lowest BCUT2D eigenvalue weighted by Crippen LogP contribution is -2.62. The van der Waals surface area contributed by atoms with Gasteiger partial charge in [-0.05, 0) is 104 Å². The smallest absolute Gasteiger partial charge is 0.303 e. The molecular weight excluding hydrogens is 376 g/mol. The van der Waals surface area contributed by atoms with E-state index in [1.807, 2.05) is 13.8 Å². The first-order valence-corrected chi connectivity index (χ1v) is 11.8. The van der Waals surface area contributed by atoms with Gasteiger partial charge in [-0.1, -0.05) is 34.0 Å². The van der Waals surface area contributed by atoms with Crippen LogP contribution in [0.3, 0.4) is 0 Å². The first-order valence-electron chi connectivity index (χ1n) is 15.8. The fourth-order valence-corrected chi connectivity index (χ4v) is 8.57. The first kappa shape index (κ1) is 14.5. The summed E-state index contributed by atoms with van der Waals surface area (Å²) in [6.45, 7) is 2.93. The normalized spacial score (nSPS) is 59.3. The van der Waals surface area contributed by atoms with E-state index in [1.54, 1.807) is 0 Å². The Morgan fingerprint density at radius 1 is 1.13 bits per heavy atom. The SMILES string of the molecule is [2H]C([2H])(C[C@@H](C)[C@H]1CC[C@H]2[C@H]3[C@H](CC[C@]12C)[C@@]1(C)CC[C@@H](O)C[C@H]1[C@@H](C([2H])([2H])C([2H])([2H])[2H])[C@@]3([2H])O)C(=O)O. The van der Waals surface area contributed by atoms with Gasteiger partial charge in [0.05, 0.1) is 13.6 Å². The van der Waals surface area contributed by atoms with Crippen LogP contribution in [0.15, 0.2) is 0 Å². The summed E-state index contributed by atoms with van der Waals surface area (Å²) < 4.78 is 66.8. The van der Waals surface area contributed by atoms with Crippen LogP contribution in [0.1, 0.15) is 103 Å². The van der Waals surface area contributed by atoms with Crippen molar-refractivity contribution in [3.8, 4) is 0 Å². The Morgan fingerprint density at radius 2 is 1.83 bits per heavy atom. The van der Waals surface area contributed by atoms with E-state index in [-0.39, 0.29) is 36.5 Å². The van der Waals surface area contributed by atoms with E-state index in [2.05, 4.69) is 6.92 Å². The quantitative estimate of drug-likeness (QED) is 0.568. The van der Waals surface area contributed by atoms with E-state index in [4.69, 9.17) is 9.60 Å². The molecule has 0 spiro atoms. The van der Waals surface area contributed by atoms with Gasteiger partial charge in [0.1, 0.15) is 0 Å². The topological polar surface area (TPSA) is 77.8 Å². The van der Waals surface area contributed by atoms with Crippen molar-refractivity contribution in [1.29, 1.82) is 0 Å². The van der Waals surface area contributed by atoms with E-state index in [1.165, 1.54) is 0 Å². The molecular formula is C26H44O4. The summed E-state index contributed by atoms with van der Waals surface area (Å²) in [5, 5.41) is 32.0. The maximum atomic E-state index is 12.1. The number of rotatable bonds is 5. The minimum absolute atomic E-state index is 0.0322. The van der Waals surface area contributed by atoms with Gasteiger partial charge in [0, 0.05) is 16.0 Å². The molecule has 0 aromatic rings. The lowest BCUT2D eigenvalue weighted by atomic mass is 9.41. The number of hydrogen-bond acceptors (Lipinski definition) is 3. The van der Waals surface area contributed by atoms with Crippen LogP contribution in [0, 0.1) is 52.3 Å². The molecule has 11 atom stereocenters. The lowest BCUT2D eigenvalue weighted by Gasteiger charge is -2.64. The molecule has 3 N–H and O–H groups in total. The molecule has 0 unspecified atom stereocenters. The molecule has 4 fully saturated rings. The summed E-state index contributed by atoms with van der Waals surface area (Å²) in [7, 11) is 0. The molecule has 4 nitrogen and oxygen atoms in total. The summed E-state index contributed by atoms with van der Waals surface area (Å²) in [4.78, 5) is 11.5. The lowest BCUT2D eigenvalue weighted by molar-refractivity contribution is -0.203. The molecule has 0 amide bonds. The number of aliphatic hydroxyl groups excluding tert-OH is 1. The van der Waals surface area contributed by atoms with Gasteiger partial charge in [0.2, 0.25) is 0 Å². The second-order valence-electron chi connectivity index (χ2n) is 11.2. The standard InChI is InChI=1S/C26H44O4/c1-5-17-21-14-16(27)10-12-26(21,4)20-11-13-25(3)18(15(2)6-9-22(28)29)7-8-19(25)23(20)24(17)30/h15-21,23-24,27,30H,5-14H2,1-4H3,(H,28,29)/t15-,16-,17-,18-,19+,20+,21+,23+,24-,25-,26-/m1/s1/i1D3,5D2,9D2,24D. The van der Waals surface area contributed by atoms with Crippen molar-refractivity contribution in [2.24, 2.45) is 52.3 Å². The Morgan fingerprint density at radius 3 is 2.53 bits per heavy atom. The number of carboxylic acids is 1. The fraction of sp³-hybridized carbons (Fsp3) is 0.962. The van der Waals surface area contributed by atoms with Gasteiger partial charge in [0.15, 0.2) is 0 Å². The highest BCUT2D eigenvalue weighted by molar-refractivity contribution is 5.66. The molecule has 4 aliphatic rings. The van der Waals surface area contributed by atoms with Crippen molar-refractivity contribution in [1.82, 2.24) is 0 Å². The summed E-state index contributed by atoms with van der Waals surface area (Å²) in [6.07, 6.45) is -4.44. The third kappa shape index (κ3) is 3.36. The number of fused-ring (bicyclic) bond motifs is 5. The van der Waals surface area contributed by atoms with Crippen LogP contribution in [0.4, 0.5) is 0 Å². The Kier molecular flexibility index (Phi) is 3.90. The van der Waals surface area contributed by atoms with Crippen molar-refractivity contribution in [2.75, 3.05) is 0 Å². The Balaban J connectivity index is 1.77. The zero-order chi connectivity index (χ0) is 28.9. The Bertz CT molecular complexity index is 939. The number of aliphatic hydroxyl groups is 2. The maximum Gasteiger partial charge on any atom is 0.303 e. The van der Waals surface area contributed by atoms with Gasteiger partial charge in [0.25, 0.3) is 0 Å². The zero-order valence-corrected chi connectivity index (χ0v) is 18.5. The molecule has 4 rings (SSSR count). The molecule has 172 valence electrons.